The largest absolute Gasteiger partial charge is 0.417 e. The lowest BCUT2D eigenvalue weighted by Gasteiger charge is -2.31. The Bertz CT molecular complexity index is 645. The lowest BCUT2D eigenvalue weighted by molar-refractivity contribution is -0.137. The average molecular weight is 393 g/mol. The molecule has 0 atom stereocenters. The molecule has 1 fully saturated rings. The SMILES string of the molecule is CNC1CCN(S(=O)(=O)c2ccc(Cl)c(C(F)(F)F)c2)CC1.Cl. The Hall–Kier alpha value is -0.540. The van der Waals surface area contributed by atoms with Gasteiger partial charge < -0.3 is 5.32 Å². The minimum atomic E-state index is -4.69. The van der Waals surface area contributed by atoms with Crippen LogP contribution in [0.25, 0.3) is 0 Å². The fraction of sp³-hybridized carbons (Fsp3) is 0.538. The van der Waals surface area contributed by atoms with Crippen LogP contribution in [0.1, 0.15) is 18.4 Å². The van der Waals surface area contributed by atoms with Gasteiger partial charge in [0.15, 0.2) is 0 Å². The molecule has 2 rings (SSSR count). The maximum atomic E-state index is 12.9. The number of alkyl halides is 3. The van der Waals surface area contributed by atoms with E-state index in [4.69, 9.17) is 11.6 Å². The highest BCUT2D eigenvalue weighted by Crippen LogP contribution is 2.36. The Kier molecular flexibility index (Phi) is 6.74. The van der Waals surface area contributed by atoms with E-state index in [1.165, 1.54) is 4.31 Å². The molecule has 0 radical (unpaired) electrons. The molecule has 0 spiro atoms. The molecule has 1 aromatic carbocycles. The van der Waals surface area contributed by atoms with Crippen LogP contribution < -0.4 is 5.32 Å². The second kappa shape index (κ2) is 7.57. The molecule has 1 aliphatic heterocycles. The molecule has 1 saturated heterocycles. The number of piperidine rings is 1. The summed E-state index contributed by atoms with van der Waals surface area (Å²) in [6.07, 6.45) is -3.45. The zero-order chi connectivity index (χ0) is 16.5. The highest BCUT2D eigenvalue weighted by molar-refractivity contribution is 7.89. The second-order valence-electron chi connectivity index (χ2n) is 5.11. The van der Waals surface area contributed by atoms with E-state index in [1.807, 2.05) is 0 Å². The van der Waals surface area contributed by atoms with Crippen LogP contribution in [0.15, 0.2) is 23.1 Å². The van der Waals surface area contributed by atoms with Gasteiger partial charge in [0, 0.05) is 19.1 Å². The van der Waals surface area contributed by atoms with E-state index >= 15 is 0 Å². The van der Waals surface area contributed by atoms with Crippen LogP contribution in [0.3, 0.4) is 0 Å². The highest BCUT2D eigenvalue weighted by Gasteiger charge is 2.36. The van der Waals surface area contributed by atoms with E-state index in [0.29, 0.717) is 18.9 Å². The minimum Gasteiger partial charge on any atom is -0.317 e. The van der Waals surface area contributed by atoms with Gasteiger partial charge in [-0.1, -0.05) is 11.6 Å². The molecular weight excluding hydrogens is 376 g/mol. The lowest BCUT2D eigenvalue weighted by atomic mass is 10.1. The van der Waals surface area contributed by atoms with Crippen LogP contribution in [-0.2, 0) is 16.2 Å². The van der Waals surface area contributed by atoms with Crippen molar-refractivity contribution in [1.29, 1.82) is 0 Å². The monoisotopic (exact) mass is 392 g/mol. The third-order valence-corrected chi connectivity index (χ3v) is 5.97. The fourth-order valence-corrected chi connectivity index (χ4v) is 4.14. The first-order valence-corrected chi connectivity index (χ1v) is 8.52. The quantitative estimate of drug-likeness (QED) is 0.859. The molecular formula is C13H17Cl2F3N2O2S. The zero-order valence-electron chi connectivity index (χ0n) is 12.2. The normalized spacial score (nSPS) is 17.8. The van der Waals surface area contributed by atoms with Gasteiger partial charge in [-0.25, -0.2) is 8.42 Å². The molecule has 1 aromatic rings. The van der Waals surface area contributed by atoms with E-state index in [0.717, 1.165) is 12.1 Å². The van der Waals surface area contributed by atoms with Gasteiger partial charge in [-0.3, -0.25) is 0 Å². The molecule has 132 valence electrons. The van der Waals surface area contributed by atoms with Gasteiger partial charge in [-0.05, 0) is 38.1 Å². The Morgan fingerprint density at radius 1 is 1.26 bits per heavy atom. The molecule has 0 saturated carbocycles. The van der Waals surface area contributed by atoms with Crippen molar-refractivity contribution < 1.29 is 21.6 Å². The summed E-state index contributed by atoms with van der Waals surface area (Å²) in [5.41, 5.74) is -1.14. The Morgan fingerprint density at radius 2 is 1.83 bits per heavy atom. The maximum Gasteiger partial charge on any atom is 0.417 e. The molecule has 1 aliphatic rings. The van der Waals surface area contributed by atoms with Crippen LogP contribution >= 0.6 is 24.0 Å². The molecule has 0 aliphatic carbocycles. The number of nitrogens with zero attached hydrogens (tertiary/aromatic N) is 1. The standard InChI is InChI=1S/C13H16ClF3N2O2S.ClH/c1-18-9-4-6-19(7-5-9)22(20,21)10-2-3-12(14)11(8-10)13(15,16)17;/h2-3,8-9,18H,4-7H2,1H3;1H. The molecule has 0 bridgehead atoms. The number of nitrogens with one attached hydrogen (secondary N) is 1. The number of halogens is 5. The first-order chi connectivity index (χ1) is 10.2. The van der Waals surface area contributed by atoms with E-state index in [-0.39, 0.29) is 36.4 Å². The topological polar surface area (TPSA) is 49.4 Å². The predicted octanol–water partition coefficient (Wildman–Crippen LogP) is 3.15. The van der Waals surface area contributed by atoms with E-state index in [2.05, 4.69) is 5.32 Å². The van der Waals surface area contributed by atoms with Gasteiger partial charge in [0.2, 0.25) is 10.0 Å². The summed E-state index contributed by atoms with van der Waals surface area (Å²) >= 11 is 5.52. The molecule has 0 amide bonds. The van der Waals surface area contributed by atoms with Crippen molar-refractivity contribution in [3.05, 3.63) is 28.8 Å². The first kappa shape index (κ1) is 20.5. The van der Waals surface area contributed by atoms with Crippen molar-refractivity contribution in [2.75, 3.05) is 20.1 Å². The number of rotatable bonds is 3. The summed E-state index contributed by atoms with van der Waals surface area (Å²) in [5, 5.41) is 2.55. The summed E-state index contributed by atoms with van der Waals surface area (Å²) in [6.45, 7) is 0.551. The van der Waals surface area contributed by atoms with Crippen molar-refractivity contribution in [3.63, 3.8) is 0 Å². The Labute approximate surface area is 144 Å². The van der Waals surface area contributed by atoms with E-state index in [9.17, 15) is 21.6 Å². The molecule has 4 nitrogen and oxygen atoms in total. The predicted molar refractivity (Wildman–Crippen MR) is 84.5 cm³/mol. The van der Waals surface area contributed by atoms with Gasteiger partial charge >= 0.3 is 6.18 Å². The summed E-state index contributed by atoms with van der Waals surface area (Å²) in [6, 6.07) is 2.90. The first-order valence-electron chi connectivity index (χ1n) is 6.70. The van der Waals surface area contributed by atoms with E-state index < -0.39 is 26.8 Å². The second-order valence-corrected chi connectivity index (χ2v) is 7.45. The van der Waals surface area contributed by atoms with Crippen LogP contribution in [0.5, 0.6) is 0 Å². The summed E-state index contributed by atoms with van der Waals surface area (Å²) in [5.74, 6) is 0. The van der Waals surface area contributed by atoms with Crippen LogP contribution in [0.4, 0.5) is 13.2 Å². The minimum absolute atomic E-state index is 0. The Morgan fingerprint density at radius 3 is 2.30 bits per heavy atom. The molecule has 23 heavy (non-hydrogen) atoms. The molecule has 0 aromatic heterocycles. The molecule has 1 N–H and O–H groups in total. The van der Waals surface area contributed by atoms with Crippen LogP contribution in [0, 0.1) is 0 Å². The number of sulfonamides is 1. The van der Waals surface area contributed by atoms with Crippen LogP contribution in [0.2, 0.25) is 5.02 Å². The van der Waals surface area contributed by atoms with Gasteiger partial charge in [-0.15, -0.1) is 12.4 Å². The third kappa shape index (κ3) is 4.51. The summed E-state index contributed by atoms with van der Waals surface area (Å²) < 4.78 is 64.7. The summed E-state index contributed by atoms with van der Waals surface area (Å²) in [7, 11) is -2.15. The maximum absolute atomic E-state index is 12.9. The average Bonchev–Trinajstić information content (AvgIpc) is 2.46. The number of benzene rings is 1. The smallest absolute Gasteiger partial charge is 0.317 e. The molecule has 0 unspecified atom stereocenters. The van der Waals surface area contributed by atoms with Crippen molar-refractivity contribution in [1.82, 2.24) is 9.62 Å². The highest BCUT2D eigenvalue weighted by atomic mass is 35.5. The van der Waals surface area contributed by atoms with E-state index in [1.54, 1.807) is 7.05 Å². The number of hydrogen-bond donors (Lipinski definition) is 1. The fourth-order valence-electron chi connectivity index (χ4n) is 2.42. The van der Waals surface area contributed by atoms with Gasteiger partial charge in [0.25, 0.3) is 0 Å². The molecule has 1 heterocycles. The van der Waals surface area contributed by atoms with Crippen molar-refractivity contribution in [2.45, 2.75) is 30.0 Å². The van der Waals surface area contributed by atoms with Crippen molar-refractivity contribution in [3.8, 4) is 0 Å². The Balaban J connectivity index is 0.00000264. The molecule has 10 heteroatoms. The van der Waals surface area contributed by atoms with Gasteiger partial charge in [0.1, 0.15) is 0 Å². The van der Waals surface area contributed by atoms with Crippen LogP contribution in [-0.4, -0.2) is 38.9 Å². The van der Waals surface area contributed by atoms with Gasteiger partial charge in [0.05, 0.1) is 15.5 Å². The zero-order valence-corrected chi connectivity index (χ0v) is 14.6. The lowest BCUT2D eigenvalue weighted by Crippen LogP contribution is -2.43. The van der Waals surface area contributed by atoms with Crippen molar-refractivity contribution >= 4 is 34.0 Å². The summed E-state index contributed by atoms with van der Waals surface area (Å²) in [4.78, 5) is -0.382. The third-order valence-electron chi connectivity index (χ3n) is 3.74. The number of hydrogen-bond acceptors (Lipinski definition) is 3. The van der Waals surface area contributed by atoms with Gasteiger partial charge in [-0.2, -0.15) is 17.5 Å². The van der Waals surface area contributed by atoms with Crippen molar-refractivity contribution in [2.24, 2.45) is 0 Å².